The normalized spacial score (nSPS) is 20.1. The molecule has 4 rings (SSSR count). The first-order valence-electron chi connectivity index (χ1n) is 10.3. The van der Waals surface area contributed by atoms with Crippen LogP contribution >= 0.6 is 11.8 Å². The Bertz CT molecular complexity index is 1190. The highest BCUT2D eigenvalue weighted by molar-refractivity contribution is 8.15. The van der Waals surface area contributed by atoms with Gasteiger partial charge in [0.15, 0.2) is 5.17 Å². The first kappa shape index (κ1) is 22.9. The van der Waals surface area contributed by atoms with E-state index in [4.69, 9.17) is 0 Å². The van der Waals surface area contributed by atoms with Crippen molar-refractivity contribution in [2.24, 2.45) is 4.99 Å². The Kier molecular flexibility index (Phi) is 5.97. The van der Waals surface area contributed by atoms with Crippen molar-refractivity contribution in [3.05, 3.63) is 95.1 Å². The second kappa shape index (κ2) is 8.59. The molecule has 1 aliphatic heterocycles. The number of amides is 2. The SMILES string of the molecule is Cc1ccc(N=C2S[C@@](c3ccc(C)cc3)(C(F)(F)F)NC(=O)N2c2ccc(C)cc2)cc1. The molecule has 8 heteroatoms. The molecule has 2 amide bonds. The lowest BCUT2D eigenvalue weighted by atomic mass is 10.0. The highest BCUT2D eigenvalue weighted by atomic mass is 32.2. The molecule has 3 aromatic carbocycles. The number of alkyl halides is 3. The number of thioether (sulfide) groups is 1. The smallest absolute Gasteiger partial charge is 0.311 e. The molecule has 0 saturated carbocycles. The average Bonchev–Trinajstić information content (AvgIpc) is 2.76. The van der Waals surface area contributed by atoms with Gasteiger partial charge in [-0.1, -0.05) is 65.2 Å². The zero-order valence-electron chi connectivity index (χ0n) is 18.3. The monoisotopic (exact) mass is 469 g/mol. The van der Waals surface area contributed by atoms with E-state index >= 15 is 0 Å². The molecule has 1 saturated heterocycles. The number of halogens is 3. The maximum absolute atomic E-state index is 14.6. The summed E-state index contributed by atoms with van der Waals surface area (Å²) < 4.78 is 43.8. The van der Waals surface area contributed by atoms with E-state index in [0.717, 1.165) is 16.7 Å². The van der Waals surface area contributed by atoms with Crippen LogP contribution in [0.3, 0.4) is 0 Å². The van der Waals surface area contributed by atoms with Crippen molar-refractivity contribution in [3.63, 3.8) is 0 Å². The van der Waals surface area contributed by atoms with Crippen molar-refractivity contribution >= 4 is 34.3 Å². The Morgan fingerprint density at radius 1 is 0.818 bits per heavy atom. The minimum atomic E-state index is -4.78. The van der Waals surface area contributed by atoms with Crippen LogP contribution in [0.25, 0.3) is 0 Å². The number of anilines is 1. The maximum Gasteiger partial charge on any atom is 0.425 e. The van der Waals surface area contributed by atoms with E-state index in [2.05, 4.69) is 10.3 Å². The first-order chi connectivity index (χ1) is 15.6. The fraction of sp³-hybridized carbons (Fsp3) is 0.200. The fourth-order valence-electron chi connectivity index (χ4n) is 3.44. The molecule has 0 aliphatic carbocycles. The number of aryl methyl sites for hydroxylation is 3. The molecule has 170 valence electrons. The summed E-state index contributed by atoms with van der Waals surface area (Å²) in [4.78, 5) is 16.2. The van der Waals surface area contributed by atoms with E-state index in [1.807, 2.05) is 26.0 Å². The minimum Gasteiger partial charge on any atom is -0.311 e. The van der Waals surface area contributed by atoms with Crippen LogP contribution < -0.4 is 10.2 Å². The summed E-state index contributed by atoms with van der Waals surface area (Å²) >= 11 is 0.474. The van der Waals surface area contributed by atoms with Crippen LogP contribution in [0.5, 0.6) is 0 Å². The number of nitrogens with zero attached hydrogens (tertiary/aromatic N) is 2. The van der Waals surface area contributed by atoms with E-state index in [1.165, 1.54) is 17.0 Å². The Hall–Kier alpha value is -3.26. The number of urea groups is 1. The second-order valence-electron chi connectivity index (χ2n) is 7.98. The van der Waals surface area contributed by atoms with Crippen molar-refractivity contribution in [2.75, 3.05) is 4.90 Å². The van der Waals surface area contributed by atoms with Crippen molar-refractivity contribution in [3.8, 4) is 0 Å². The van der Waals surface area contributed by atoms with E-state index in [9.17, 15) is 18.0 Å². The number of benzene rings is 3. The van der Waals surface area contributed by atoms with Gasteiger partial charge in [0.2, 0.25) is 4.87 Å². The standard InChI is InChI=1S/C25H22F3N3OS/c1-16-4-10-19(11-5-16)24(25(26,27)28)30-22(32)31(21-14-8-18(3)9-15-21)23(33-24)29-20-12-6-17(2)7-13-20/h4-15H,1-3H3,(H,30,32)/t24-/m0/s1. The van der Waals surface area contributed by atoms with Gasteiger partial charge in [0.1, 0.15) is 0 Å². The molecule has 4 nitrogen and oxygen atoms in total. The van der Waals surface area contributed by atoms with Crippen LogP contribution in [-0.2, 0) is 4.87 Å². The number of amidine groups is 1. The van der Waals surface area contributed by atoms with Crippen LogP contribution in [0, 0.1) is 20.8 Å². The third kappa shape index (κ3) is 4.48. The topological polar surface area (TPSA) is 44.7 Å². The number of carbonyl (C=O) groups excluding carboxylic acids is 1. The molecule has 3 aromatic rings. The molecular weight excluding hydrogens is 447 g/mol. The number of carbonyl (C=O) groups is 1. The lowest BCUT2D eigenvalue weighted by Crippen LogP contribution is -2.63. The predicted molar refractivity (Wildman–Crippen MR) is 127 cm³/mol. The molecule has 1 fully saturated rings. The maximum atomic E-state index is 14.6. The van der Waals surface area contributed by atoms with Crippen molar-refractivity contribution in [1.29, 1.82) is 0 Å². The van der Waals surface area contributed by atoms with Gasteiger partial charge in [-0.3, -0.25) is 0 Å². The lowest BCUT2D eigenvalue weighted by Gasteiger charge is -2.43. The van der Waals surface area contributed by atoms with Gasteiger partial charge in [-0.25, -0.2) is 14.7 Å². The van der Waals surface area contributed by atoms with Gasteiger partial charge in [-0.15, -0.1) is 0 Å². The van der Waals surface area contributed by atoms with Crippen molar-refractivity contribution in [2.45, 2.75) is 31.8 Å². The van der Waals surface area contributed by atoms with E-state index < -0.39 is 17.1 Å². The Morgan fingerprint density at radius 2 is 1.30 bits per heavy atom. The fourth-order valence-corrected chi connectivity index (χ4v) is 4.65. The summed E-state index contributed by atoms with van der Waals surface area (Å²) in [7, 11) is 0. The van der Waals surface area contributed by atoms with Gasteiger partial charge >= 0.3 is 12.2 Å². The molecule has 0 spiro atoms. The number of rotatable bonds is 3. The number of hydrogen-bond donors (Lipinski definition) is 1. The van der Waals surface area contributed by atoms with E-state index in [0.29, 0.717) is 23.1 Å². The zero-order valence-corrected chi connectivity index (χ0v) is 19.1. The summed E-state index contributed by atoms with van der Waals surface area (Å²) in [6.07, 6.45) is -4.78. The molecule has 1 N–H and O–H groups in total. The van der Waals surface area contributed by atoms with Gasteiger partial charge in [-0.2, -0.15) is 13.2 Å². The van der Waals surface area contributed by atoms with Gasteiger partial charge in [-0.05, 0) is 62.4 Å². The molecular formula is C25H22F3N3OS. The molecule has 0 unspecified atom stereocenters. The van der Waals surface area contributed by atoms with Gasteiger partial charge in [0, 0.05) is 0 Å². The Morgan fingerprint density at radius 3 is 1.82 bits per heavy atom. The largest absolute Gasteiger partial charge is 0.425 e. The number of hydrogen-bond acceptors (Lipinski definition) is 3. The number of aliphatic imine (C=N–C) groups is 1. The van der Waals surface area contributed by atoms with Crippen LogP contribution in [0.4, 0.5) is 29.3 Å². The highest BCUT2D eigenvalue weighted by Gasteiger charge is 2.62. The number of nitrogens with one attached hydrogen (secondary N) is 1. The molecule has 1 heterocycles. The molecule has 0 aromatic heterocycles. The van der Waals surface area contributed by atoms with Gasteiger partial charge < -0.3 is 5.32 Å². The summed E-state index contributed by atoms with van der Waals surface area (Å²) in [5, 5.41) is 2.17. The summed E-state index contributed by atoms with van der Waals surface area (Å²) in [6.45, 7) is 5.59. The Balaban J connectivity index is 1.89. The van der Waals surface area contributed by atoms with E-state index in [1.54, 1.807) is 55.5 Å². The molecule has 0 bridgehead atoms. The molecule has 1 atom stereocenters. The summed E-state index contributed by atoms with van der Waals surface area (Å²) in [5.74, 6) is 0. The second-order valence-corrected chi connectivity index (χ2v) is 9.16. The third-order valence-electron chi connectivity index (χ3n) is 5.33. The highest BCUT2D eigenvalue weighted by Crippen LogP contribution is 2.51. The average molecular weight is 470 g/mol. The molecule has 33 heavy (non-hydrogen) atoms. The van der Waals surface area contributed by atoms with E-state index in [-0.39, 0.29) is 10.7 Å². The van der Waals surface area contributed by atoms with Crippen LogP contribution in [0.2, 0.25) is 0 Å². The zero-order chi connectivity index (χ0) is 23.8. The third-order valence-corrected chi connectivity index (χ3v) is 6.66. The molecule has 1 aliphatic rings. The lowest BCUT2D eigenvalue weighted by molar-refractivity contribution is -0.167. The molecule has 0 radical (unpaired) electrons. The van der Waals surface area contributed by atoms with Crippen LogP contribution in [0.1, 0.15) is 22.3 Å². The van der Waals surface area contributed by atoms with Crippen LogP contribution in [0.15, 0.2) is 77.8 Å². The first-order valence-corrected chi connectivity index (χ1v) is 11.1. The van der Waals surface area contributed by atoms with Gasteiger partial charge in [0.25, 0.3) is 0 Å². The van der Waals surface area contributed by atoms with Crippen LogP contribution in [-0.4, -0.2) is 17.4 Å². The quantitative estimate of drug-likeness (QED) is 0.450. The summed E-state index contributed by atoms with van der Waals surface area (Å²) in [6, 6.07) is 19.1. The van der Waals surface area contributed by atoms with Gasteiger partial charge in [0.05, 0.1) is 11.4 Å². The van der Waals surface area contributed by atoms with Crippen molar-refractivity contribution < 1.29 is 18.0 Å². The predicted octanol–water partition coefficient (Wildman–Crippen LogP) is 6.98. The van der Waals surface area contributed by atoms with Crippen molar-refractivity contribution in [1.82, 2.24) is 5.32 Å². The Labute approximate surface area is 194 Å². The summed E-state index contributed by atoms with van der Waals surface area (Å²) in [5.41, 5.74) is 3.58. The minimum absolute atomic E-state index is 0.0654.